The number of rotatable bonds is 5. The van der Waals surface area contributed by atoms with E-state index in [1.807, 2.05) is 24.3 Å². The number of amides is 1. The minimum Gasteiger partial charge on any atom is -0.449 e. The van der Waals surface area contributed by atoms with Crippen LogP contribution < -0.4 is 10.6 Å². The summed E-state index contributed by atoms with van der Waals surface area (Å²) in [6.45, 7) is 1.84. The third-order valence-corrected chi connectivity index (χ3v) is 5.61. The van der Waals surface area contributed by atoms with E-state index in [9.17, 15) is 18.0 Å². The third-order valence-electron chi connectivity index (χ3n) is 4.64. The maximum atomic E-state index is 13.3. The summed E-state index contributed by atoms with van der Waals surface area (Å²) in [5, 5.41) is 9.44. The van der Waals surface area contributed by atoms with Gasteiger partial charge in [-0.15, -0.1) is 0 Å². The second kappa shape index (κ2) is 8.54. The molecule has 1 aliphatic carbocycles. The molecule has 29 heavy (non-hydrogen) atoms. The zero-order valence-electron chi connectivity index (χ0n) is 15.8. The van der Waals surface area contributed by atoms with Gasteiger partial charge in [0.15, 0.2) is 5.78 Å². The molecule has 0 fully saturated rings. The first-order chi connectivity index (χ1) is 13.8. The summed E-state index contributed by atoms with van der Waals surface area (Å²) in [5.74, 6) is -1.16. The molecule has 0 saturated heterocycles. The fourth-order valence-corrected chi connectivity index (χ4v) is 4.12. The Balaban J connectivity index is 2.05. The Kier molecular flexibility index (Phi) is 6.09. The van der Waals surface area contributed by atoms with Crippen LogP contribution in [0.25, 0.3) is 0 Å². The van der Waals surface area contributed by atoms with E-state index in [4.69, 9.17) is 9.88 Å². The standard InChI is InChI=1S/C20H21N3O5S/c1-2-28-20(25)23-22-18-14-8-4-3-7-13(14)11-12-16(18)19(24)15-9-5-6-10-17(15)29(21,26)27/h3-10,16H,2,11-12H2,1H3,(H,23,25)(H2,21,26,27)/b22-18-. The van der Waals surface area contributed by atoms with Crippen molar-refractivity contribution in [3.8, 4) is 0 Å². The molecule has 0 aromatic heterocycles. The lowest BCUT2D eigenvalue weighted by Crippen LogP contribution is -2.34. The summed E-state index contributed by atoms with van der Waals surface area (Å²) in [5.41, 5.74) is 4.38. The predicted octanol–water partition coefficient (Wildman–Crippen LogP) is 2.23. The van der Waals surface area contributed by atoms with Gasteiger partial charge >= 0.3 is 6.09 Å². The number of hydrogen-bond acceptors (Lipinski definition) is 6. The Morgan fingerprint density at radius 2 is 1.86 bits per heavy atom. The van der Waals surface area contributed by atoms with Crippen LogP contribution in [0.15, 0.2) is 58.5 Å². The average Bonchev–Trinajstić information content (AvgIpc) is 2.71. The Bertz CT molecular complexity index is 1080. The molecule has 3 N–H and O–H groups in total. The number of ketones is 1. The summed E-state index contributed by atoms with van der Waals surface area (Å²) in [7, 11) is -4.08. The van der Waals surface area contributed by atoms with E-state index >= 15 is 0 Å². The number of hydrogen-bond donors (Lipinski definition) is 2. The van der Waals surface area contributed by atoms with Crippen molar-refractivity contribution in [2.45, 2.75) is 24.7 Å². The zero-order valence-corrected chi connectivity index (χ0v) is 16.6. The van der Waals surface area contributed by atoms with Crippen LogP contribution in [0.5, 0.6) is 0 Å². The van der Waals surface area contributed by atoms with Crippen molar-refractivity contribution < 1.29 is 22.7 Å². The van der Waals surface area contributed by atoms with Crippen LogP contribution in [-0.4, -0.2) is 32.6 Å². The topological polar surface area (TPSA) is 128 Å². The monoisotopic (exact) mass is 415 g/mol. The van der Waals surface area contributed by atoms with E-state index in [-0.39, 0.29) is 17.1 Å². The number of nitrogens with two attached hydrogens (primary N) is 1. The Hall–Kier alpha value is -3.04. The second-order valence-electron chi connectivity index (χ2n) is 6.48. The number of carbonyl (C=O) groups is 2. The zero-order chi connectivity index (χ0) is 21.0. The molecule has 1 unspecified atom stereocenters. The molecule has 2 aromatic rings. The van der Waals surface area contributed by atoms with E-state index in [1.165, 1.54) is 18.2 Å². The van der Waals surface area contributed by atoms with Gasteiger partial charge in [0.1, 0.15) is 0 Å². The molecule has 2 aromatic carbocycles. The third kappa shape index (κ3) is 4.52. The van der Waals surface area contributed by atoms with Crippen LogP contribution in [0.3, 0.4) is 0 Å². The Morgan fingerprint density at radius 3 is 2.59 bits per heavy atom. The second-order valence-corrected chi connectivity index (χ2v) is 8.01. The largest absolute Gasteiger partial charge is 0.449 e. The first-order valence-corrected chi connectivity index (χ1v) is 10.6. The van der Waals surface area contributed by atoms with Crippen LogP contribution in [0.2, 0.25) is 0 Å². The lowest BCUT2D eigenvalue weighted by Gasteiger charge is -2.26. The molecule has 1 amide bonds. The van der Waals surface area contributed by atoms with Gasteiger partial charge < -0.3 is 4.74 Å². The molecule has 3 rings (SSSR count). The van der Waals surface area contributed by atoms with Crippen LogP contribution >= 0.6 is 0 Å². The molecular weight excluding hydrogens is 394 g/mol. The maximum absolute atomic E-state index is 13.3. The van der Waals surface area contributed by atoms with E-state index in [0.29, 0.717) is 18.6 Å². The SMILES string of the molecule is CCOC(=O)N/N=C1/c2ccccc2CCC1C(=O)c1ccccc1S(N)(=O)=O. The average molecular weight is 415 g/mol. The number of ether oxygens (including phenoxy) is 1. The minimum atomic E-state index is -4.08. The molecule has 0 bridgehead atoms. The van der Waals surface area contributed by atoms with Crippen molar-refractivity contribution in [1.82, 2.24) is 5.43 Å². The highest BCUT2D eigenvalue weighted by atomic mass is 32.2. The first kappa shape index (κ1) is 20.7. The molecule has 152 valence electrons. The molecule has 0 radical (unpaired) electrons. The smallest absolute Gasteiger partial charge is 0.427 e. The fourth-order valence-electron chi connectivity index (χ4n) is 3.38. The summed E-state index contributed by atoms with van der Waals surface area (Å²) in [4.78, 5) is 24.8. The molecule has 1 atom stereocenters. The van der Waals surface area contributed by atoms with Crippen molar-refractivity contribution in [3.63, 3.8) is 0 Å². The number of nitrogens with zero attached hydrogens (tertiary/aromatic N) is 1. The number of carbonyl (C=O) groups excluding carboxylic acids is 2. The van der Waals surface area contributed by atoms with Gasteiger partial charge in [-0.3, -0.25) is 4.79 Å². The first-order valence-electron chi connectivity index (χ1n) is 9.07. The number of fused-ring (bicyclic) bond motifs is 1. The van der Waals surface area contributed by atoms with E-state index in [2.05, 4.69) is 10.5 Å². The summed E-state index contributed by atoms with van der Waals surface area (Å²) in [6, 6.07) is 13.2. The number of Topliss-reactive ketones (excluding diaryl/α,β-unsaturated/α-hetero) is 1. The molecule has 9 heteroatoms. The van der Waals surface area contributed by atoms with Gasteiger partial charge in [0.2, 0.25) is 10.0 Å². The number of aryl methyl sites for hydroxylation is 1. The van der Waals surface area contributed by atoms with Crippen molar-refractivity contribution in [2.24, 2.45) is 16.2 Å². The quantitative estimate of drug-likeness (QED) is 0.572. The van der Waals surface area contributed by atoms with Crippen LogP contribution in [0.4, 0.5) is 4.79 Å². The van der Waals surface area contributed by atoms with Crippen molar-refractivity contribution >= 4 is 27.6 Å². The lowest BCUT2D eigenvalue weighted by atomic mass is 9.78. The number of sulfonamides is 1. The van der Waals surface area contributed by atoms with E-state index < -0.39 is 27.8 Å². The molecule has 0 aliphatic heterocycles. The van der Waals surface area contributed by atoms with Crippen molar-refractivity contribution in [3.05, 3.63) is 65.2 Å². The highest BCUT2D eigenvalue weighted by Crippen LogP contribution is 2.30. The van der Waals surface area contributed by atoms with Crippen molar-refractivity contribution in [2.75, 3.05) is 6.61 Å². The maximum Gasteiger partial charge on any atom is 0.427 e. The molecule has 0 spiro atoms. The molecular formula is C20H21N3O5S. The van der Waals surface area contributed by atoms with Gasteiger partial charge in [-0.2, -0.15) is 5.10 Å². The highest BCUT2D eigenvalue weighted by Gasteiger charge is 2.34. The molecule has 0 heterocycles. The Morgan fingerprint density at radius 1 is 1.17 bits per heavy atom. The molecule has 0 saturated carbocycles. The van der Waals surface area contributed by atoms with Gasteiger partial charge in [-0.25, -0.2) is 23.8 Å². The lowest BCUT2D eigenvalue weighted by molar-refractivity contribution is 0.0944. The van der Waals surface area contributed by atoms with Crippen LogP contribution in [0, 0.1) is 5.92 Å². The summed E-state index contributed by atoms with van der Waals surface area (Å²) < 4.78 is 28.7. The minimum absolute atomic E-state index is 0.00298. The van der Waals surface area contributed by atoms with Crippen LogP contribution in [0.1, 0.15) is 34.8 Å². The highest BCUT2D eigenvalue weighted by molar-refractivity contribution is 7.89. The summed E-state index contributed by atoms with van der Waals surface area (Å²) >= 11 is 0. The van der Waals surface area contributed by atoms with Crippen LogP contribution in [-0.2, 0) is 21.2 Å². The molecule has 8 nitrogen and oxygen atoms in total. The van der Waals surface area contributed by atoms with Gasteiger partial charge in [0.25, 0.3) is 0 Å². The summed E-state index contributed by atoms with van der Waals surface area (Å²) in [6.07, 6.45) is 0.292. The fraction of sp³-hybridized carbons (Fsp3) is 0.250. The number of benzene rings is 2. The number of hydrazone groups is 1. The van der Waals surface area contributed by atoms with Gasteiger partial charge in [0.05, 0.1) is 23.1 Å². The number of nitrogens with one attached hydrogen (secondary N) is 1. The molecule has 1 aliphatic rings. The Labute approximate surface area is 168 Å². The van der Waals surface area contributed by atoms with Crippen molar-refractivity contribution in [1.29, 1.82) is 0 Å². The van der Waals surface area contributed by atoms with E-state index in [0.717, 1.165) is 11.1 Å². The predicted molar refractivity (Wildman–Crippen MR) is 107 cm³/mol. The van der Waals surface area contributed by atoms with E-state index in [1.54, 1.807) is 13.0 Å². The van der Waals surface area contributed by atoms with Gasteiger partial charge in [-0.1, -0.05) is 42.5 Å². The van der Waals surface area contributed by atoms with Gasteiger partial charge in [-0.05, 0) is 31.4 Å². The van der Waals surface area contributed by atoms with Gasteiger partial charge in [0, 0.05) is 11.1 Å². The number of primary sulfonamides is 1. The normalized spacial score (nSPS) is 17.4.